The van der Waals surface area contributed by atoms with E-state index in [0.29, 0.717) is 16.9 Å². The first-order chi connectivity index (χ1) is 11.9. The van der Waals surface area contributed by atoms with Crippen molar-refractivity contribution < 1.29 is 23.3 Å². The van der Waals surface area contributed by atoms with Crippen LogP contribution in [0.15, 0.2) is 47.8 Å². The molecule has 25 heavy (non-hydrogen) atoms. The molecule has 1 saturated heterocycles. The highest BCUT2D eigenvalue weighted by molar-refractivity contribution is 7.91. The van der Waals surface area contributed by atoms with Gasteiger partial charge in [-0.15, -0.1) is 11.3 Å². The molecular weight excluding hydrogens is 360 g/mol. The van der Waals surface area contributed by atoms with Gasteiger partial charge in [0.2, 0.25) is 6.17 Å². The van der Waals surface area contributed by atoms with Crippen molar-refractivity contribution in [3.63, 3.8) is 0 Å². The van der Waals surface area contributed by atoms with Gasteiger partial charge in [-0.3, -0.25) is 14.9 Å². The van der Waals surface area contributed by atoms with E-state index in [1.807, 2.05) is 0 Å². The smallest absolute Gasteiger partial charge is 0.256 e. The van der Waals surface area contributed by atoms with Crippen LogP contribution >= 0.6 is 11.3 Å². The highest BCUT2D eigenvalue weighted by Gasteiger charge is 2.36. The van der Waals surface area contributed by atoms with E-state index < -0.39 is 16.0 Å². The number of carbonyl (C=O) groups is 2. The Kier molecular flexibility index (Phi) is 5.31. The normalized spacial score (nSPS) is 20.1. The Bertz CT molecular complexity index is 848. The van der Waals surface area contributed by atoms with Crippen molar-refractivity contribution in [3.8, 4) is 0 Å². The number of hydrogen-bond donors (Lipinski definition) is 2. The monoisotopic (exact) mass is 379 g/mol. The summed E-state index contributed by atoms with van der Waals surface area (Å²) in [5.41, 5.74) is 0.457. The molecule has 1 fully saturated rings. The van der Waals surface area contributed by atoms with Gasteiger partial charge in [0.1, 0.15) is 11.8 Å². The Balaban J connectivity index is 1.77. The highest BCUT2D eigenvalue weighted by atomic mass is 32.2. The van der Waals surface area contributed by atoms with Crippen molar-refractivity contribution in [3.05, 3.63) is 58.3 Å². The van der Waals surface area contributed by atoms with Crippen LogP contribution in [0.2, 0.25) is 0 Å². The van der Waals surface area contributed by atoms with Gasteiger partial charge in [0.05, 0.1) is 10.6 Å². The SMILES string of the molecule is O=C(N[C@H]([NH2+][C@H]1CCS(=O)(=O)C1)C(=O)c1cccs1)c1ccccc1. The minimum absolute atomic E-state index is 0.0302. The average Bonchev–Trinajstić information content (AvgIpc) is 3.24. The molecule has 2 atom stereocenters. The van der Waals surface area contributed by atoms with Gasteiger partial charge < -0.3 is 5.32 Å². The van der Waals surface area contributed by atoms with E-state index in [2.05, 4.69) is 5.32 Å². The quantitative estimate of drug-likeness (QED) is 0.562. The Labute approximate surface area is 150 Å². The molecule has 1 aliphatic heterocycles. The van der Waals surface area contributed by atoms with E-state index in [9.17, 15) is 18.0 Å². The highest BCUT2D eigenvalue weighted by Crippen LogP contribution is 2.12. The van der Waals surface area contributed by atoms with E-state index in [0.717, 1.165) is 0 Å². The summed E-state index contributed by atoms with van der Waals surface area (Å²) in [6, 6.07) is 11.9. The maximum atomic E-state index is 12.7. The topological polar surface area (TPSA) is 96.9 Å². The maximum Gasteiger partial charge on any atom is 0.256 e. The number of benzene rings is 1. The van der Waals surface area contributed by atoms with E-state index in [-0.39, 0.29) is 29.2 Å². The Morgan fingerprint density at radius 2 is 1.92 bits per heavy atom. The molecule has 3 N–H and O–H groups in total. The maximum absolute atomic E-state index is 12.7. The predicted octanol–water partition coefficient (Wildman–Crippen LogP) is 0.437. The summed E-state index contributed by atoms with van der Waals surface area (Å²) >= 11 is 1.30. The summed E-state index contributed by atoms with van der Waals surface area (Å²) < 4.78 is 23.3. The average molecular weight is 379 g/mol. The van der Waals surface area contributed by atoms with Gasteiger partial charge in [0, 0.05) is 12.0 Å². The van der Waals surface area contributed by atoms with Gasteiger partial charge in [0.15, 0.2) is 9.84 Å². The van der Waals surface area contributed by atoms with Gasteiger partial charge in [-0.05, 0) is 23.6 Å². The zero-order chi connectivity index (χ0) is 17.9. The van der Waals surface area contributed by atoms with E-state index in [4.69, 9.17) is 0 Å². The number of Topliss-reactive ketones (excluding diaryl/α,β-unsaturated/α-hetero) is 1. The minimum atomic E-state index is -3.05. The molecule has 0 aliphatic carbocycles. The number of carbonyl (C=O) groups excluding carboxylic acids is 2. The molecule has 1 aromatic carbocycles. The number of thiophene rings is 1. The fourth-order valence-electron chi connectivity index (χ4n) is 2.83. The van der Waals surface area contributed by atoms with Crippen LogP contribution in [-0.4, -0.2) is 43.8 Å². The second-order valence-corrected chi connectivity index (χ2v) is 9.19. The van der Waals surface area contributed by atoms with Crippen LogP contribution in [0.5, 0.6) is 0 Å². The second kappa shape index (κ2) is 7.47. The Hall–Kier alpha value is -2.03. The molecule has 6 nitrogen and oxygen atoms in total. The number of quaternary nitrogens is 1. The van der Waals surface area contributed by atoms with Crippen molar-refractivity contribution >= 4 is 32.9 Å². The van der Waals surface area contributed by atoms with Crippen LogP contribution in [-0.2, 0) is 9.84 Å². The molecule has 8 heteroatoms. The lowest BCUT2D eigenvalue weighted by Gasteiger charge is -2.19. The fraction of sp³-hybridized carbons (Fsp3) is 0.294. The van der Waals surface area contributed by atoms with Crippen LogP contribution in [0.3, 0.4) is 0 Å². The molecule has 0 radical (unpaired) electrons. The number of rotatable bonds is 6. The number of nitrogens with one attached hydrogen (secondary N) is 1. The standard InChI is InChI=1S/C17H18N2O4S2/c20-15(14-7-4-9-24-14)16(18-13-8-10-25(22,23)11-13)19-17(21)12-5-2-1-3-6-12/h1-7,9,13,16,18H,8,10-11H2,(H,19,21)/p+1/t13-,16-/m0/s1. The summed E-state index contributed by atoms with van der Waals surface area (Å²) in [7, 11) is -3.05. The molecule has 0 saturated carbocycles. The zero-order valence-electron chi connectivity index (χ0n) is 13.4. The molecule has 0 unspecified atom stereocenters. The van der Waals surface area contributed by atoms with E-state index in [1.54, 1.807) is 53.2 Å². The molecule has 0 spiro atoms. The van der Waals surface area contributed by atoms with Crippen molar-refractivity contribution in [2.24, 2.45) is 0 Å². The number of nitrogens with two attached hydrogens (primary N) is 1. The summed E-state index contributed by atoms with van der Waals surface area (Å²) in [5, 5.41) is 6.21. The van der Waals surface area contributed by atoms with Gasteiger partial charge >= 0.3 is 0 Å². The zero-order valence-corrected chi connectivity index (χ0v) is 15.1. The van der Waals surface area contributed by atoms with Crippen LogP contribution in [0.4, 0.5) is 0 Å². The molecule has 1 aliphatic rings. The molecule has 0 bridgehead atoms. The summed E-state index contributed by atoms with van der Waals surface area (Å²) in [6.07, 6.45) is -0.359. The third-order valence-electron chi connectivity index (χ3n) is 4.10. The lowest BCUT2D eigenvalue weighted by molar-refractivity contribution is -0.706. The summed E-state index contributed by atoms with van der Waals surface area (Å²) in [4.78, 5) is 25.7. The van der Waals surface area contributed by atoms with Crippen molar-refractivity contribution in [2.75, 3.05) is 11.5 Å². The third kappa shape index (κ3) is 4.53. The summed E-state index contributed by atoms with van der Waals surface area (Å²) in [5.74, 6) is -0.417. The van der Waals surface area contributed by atoms with Crippen LogP contribution < -0.4 is 10.6 Å². The molecular formula is C17H19N2O4S2+. The van der Waals surface area contributed by atoms with Crippen molar-refractivity contribution in [1.82, 2.24) is 5.32 Å². The number of ketones is 1. The predicted molar refractivity (Wildman–Crippen MR) is 95.3 cm³/mol. The molecule has 2 heterocycles. The molecule has 1 amide bonds. The van der Waals surface area contributed by atoms with Crippen LogP contribution in [0, 0.1) is 0 Å². The Morgan fingerprint density at radius 1 is 1.16 bits per heavy atom. The second-order valence-electron chi connectivity index (χ2n) is 6.01. The molecule has 1 aromatic heterocycles. The lowest BCUT2D eigenvalue weighted by Crippen LogP contribution is -3.00. The van der Waals surface area contributed by atoms with Gasteiger partial charge in [0.25, 0.3) is 11.7 Å². The van der Waals surface area contributed by atoms with Gasteiger partial charge in [-0.25, -0.2) is 8.42 Å². The largest absolute Gasteiger partial charge is 0.317 e. The third-order valence-corrected chi connectivity index (χ3v) is 6.78. The first-order valence-electron chi connectivity index (χ1n) is 7.94. The number of amides is 1. The number of sulfone groups is 1. The summed E-state index contributed by atoms with van der Waals surface area (Å²) in [6.45, 7) is 0. The first-order valence-corrected chi connectivity index (χ1v) is 10.6. The lowest BCUT2D eigenvalue weighted by atomic mass is 10.1. The van der Waals surface area contributed by atoms with Crippen LogP contribution in [0.1, 0.15) is 26.5 Å². The number of hydrogen-bond acceptors (Lipinski definition) is 5. The fourth-order valence-corrected chi connectivity index (χ4v) is 5.30. The molecule has 132 valence electrons. The van der Waals surface area contributed by atoms with Gasteiger partial charge in [-0.1, -0.05) is 24.3 Å². The Morgan fingerprint density at radius 3 is 2.52 bits per heavy atom. The molecule has 2 aromatic rings. The van der Waals surface area contributed by atoms with Crippen LogP contribution in [0.25, 0.3) is 0 Å². The van der Waals surface area contributed by atoms with E-state index >= 15 is 0 Å². The van der Waals surface area contributed by atoms with Gasteiger partial charge in [-0.2, -0.15) is 0 Å². The van der Waals surface area contributed by atoms with Crippen molar-refractivity contribution in [1.29, 1.82) is 0 Å². The molecule has 3 rings (SSSR count). The van der Waals surface area contributed by atoms with E-state index in [1.165, 1.54) is 11.3 Å². The minimum Gasteiger partial charge on any atom is -0.317 e. The van der Waals surface area contributed by atoms with Crippen molar-refractivity contribution in [2.45, 2.75) is 18.6 Å². The first kappa shape index (κ1) is 17.8.